The molecule has 0 amide bonds. The molecule has 0 aromatic heterocycles. The molecule has 0 heterocycles. The first-order valence-corrected chi connectivity index (χ1v) is 6.49. The molecule has 0 aromatic rings. The van der Waals surface area contributed by atoms with Crippen LogP contribution >= 0.6 is 0 Å². The zero-order valence-corrected chi connectivity index (χ0v) is 11.5. The molecule has 0 aliphatic rings. The summed E-state index contributed by atoms with van der Waals surface area (Å²) >= 11 is 0. The van der Waals surface area contributed by atoms with Crippen molar-refractivity contribution in [2.45, 2.75) is 12.2 Å². The second kappa shape index (κ2) is 15.0. The highest BCUT2D eigenvalue weighted by Crippen LogP contribution is 1.88. The zero-order valence-electron chi connectivity index (χ0n) is 11.5. The Morgan fingerprint density at radius 2 is 0.900 bits per heavy atom. The first kappa shape index (κ1) is 19.6. The van der Waals surface area contributed by atoms with Gasteiger partial charge in [-0.3, -0.25) is 0 Å². The van der Waals surface area contributed by atoms with E-state index in [2.05, 4.69) is 0 Å². The van der Waals surface area contributed by atoms with Gasteiger partial charge in [-0.25, -0.2) is 8.78 Å². The van der Waals surface area contributed by atoms with Crippen molar-refractivity contribution >= 4 is 0 Å². The SMILES string of the molecule is OC(CF)COCCOCCOCCOCC(O)CF. The Kier molecular flexibility index (Phi) is 14.7. The minimum atomic E-state index is -1.07. The van der Waals surface area contributed by atoms with Crippen LogP contribution in [0.15, 0.2) is 0 Å². The summed E-state index contributed by atoms with van der Waals surface area (Å²) in [6.07, 6.45) is -2.15. The van der Waals surface area contributed by atoms with Crippen molar-refractivity contribution in [3.63, 3.8) is 0 Å². The molecule has 0 aliphatic carbocycles. The molecule has 2 unspecified atom stereocenters. The van der Waals surface area contributed by atoms with E-state index in [1.807, 2.05) is 0 Å². The zero-order chi connectivity index (χ0) is 15.1. The molecule has 2 atom stereocenters. The third kappa shape index (κ3) is 14.0. The van der Waals surface area contributed by atoms with E-state index < -0.39 is 25.6 Å². The molecule has 20 heavy (non-hydrogen) atoms. The summed E-state index contributed by atoms with van der Waals surface area (Å²) in [5.74, 6) is 0. The van der Waals surface area contributed by atoms with Gasteiger partial charge < -0.3 is 29.2 Å². The summed E-state index contributed by atoms with van der Waals surface area (Å²) in [4.78, 5) is 0. The van der Waals surface area contributed by atoms with Crippen molar-refractivity contribution in [2.24, 2.45) is 0 Å². The van der Waals surface area contributed by atoms with Crippen molar-refractivity contribution < 1.29 is 37.9 Å². The summed E-state index contributed by atoms with van der Waals surface area (Å²) in [5.41, 5.74) is 0. The topological polar surface area (TPSA) is 77.4 Å². The molecule has 2 N–H and O–H groups in total. The lowest BCUT2D eigenvalue weighted by Crippen LogP contribution is -2.20. The fourth-order valence-electron chi connectivity index (χ4n) is 1.09. The first-order chi connectivity index (χ1) is 9.70. The molecule has 0 spiro atoms. The normalized spacial score (nSPS) is 14.4. The average molecular weight is 302 g/mol. The van der Waals surface area contributed by atoms with Crippen molar-refractivity contribution in [1.82, 2.24) is 0 Å². The summed E-state index contributed by atoms with van der Waals surface area (Å²) in [6.45, 7) is 0.255. The van der Waals surface area contributed by atoms with Gasteiger partial charge >= 0.3 is 0 Å². The first-order valence-electron chi connectivity index (χ1n) is 6.49. The Bertz CT molecular complexity index is 179. The highest BCUT2D eigenvalue weighted by molar-refractivity contribution is 4.49. The predicted molar refractivity (Wildman–Crippen MR) is 67.2 cm³/mol. The van der Waals surface area contributed by atoms with Crippen LogP contribution in [-0.2, 0) is 18.9 Å². The molecule has 122 valence electrons. The second-order valence-electron chi connectivity index (χ2n) is 3.99. The van der Waals surface area contributed by atoms with E-state index in [1.165, 1.54) is 0 Å². The van der Waals surface area contributed by atoms with E-state index in [-0.39, 0.29) is 26.4 Å². The Hall–Kier alpha value is -0.380. The fourth-order valence-corrected chi connectivity index (χ4v) is 1.09. The molecule has 0 bridgehead atoms. The summed E-state index contributed by atoms with van der Waals surface area (Å²) in [6, 6.07) is 0. The van der Waals surface area contributed by atoms with Gasteiger partial charge in [0.1, 0.15) is 25.6 Å². The van der Waals surface area contributed by atoms with Gasteiger partial charge in [0.2, 0.25) is 0 Å². The highest BCUT2D eigenvalue weighted by atomic mass is 19.1. The van der Waals surface area contributed by atoms with Gasteiger partial charge in [0.05, 0.1) is 52.9 Å². The average Bonchev–Trinajstić information content (AvgIpc) is 2.47. The van der Waals surface area contributed by atoms with Crippen molar-refractivity contribution in [1.29, 1.82) is 0 Å². The number of rotatable bonds is 15. The fraction of sp³-hybridized carbons (Fsp3) is 1.00. The van der Waals surface area contributed by atoms with Gasteiger partial charge in [0, 0.05) is 0 Å². The van der Waals surface area contributed by atoms with Crippen LogP contribution in [0.1, 0.15) is 0 Å². The monoisotopic (exact) mass is 302 g/mol. The molecule has 0 rings (SSSR count). The van der Waals surface area contributed by atoms with Gasteiger partial charge in [-0.2, -0.15) is 0 Å². The van der Waals surface area contributed by atoms with Crippen molar-refractivity contribution in [3.05, 3.63) is 0 Å². The summed E-state index contributed by atoms with van der Waals surface area (Å²) in [5, 5.41) is 17.7. The van der Waals surface area contributed by atoms with Crippen LogP contribution in [0.2, 0.25) is 0 Å². The molecular formula is C12H24F2O6. The quantitative estimate of drug-likeness (QED) is 0.405. The Morgan fingerprint density at radius 1 is 0.600 bits per heavy atom. The number of alkyl halides is 2. The van der Waals surface area contributed by atoms with E-state index >= 15 is 0 Å². The van der Waals surface area contributed by atoms with Crippen LogP contribution in [0, 0.1) is 0 Å². The number of ether oxygens (including phenoxy) is 4. The molecular weight excluding hydrogens is 278 g/mol. The maximum atomic E-state index is 11.8. The van der Waals surface area contributed by atoms with E-state index in [0.717, 1.165) is 0 Å². The van der Waals surface area contributed by atoms with E-state index in [0.29, 0.717) is 26.4 Å². The smallest absolute Gasteiger partial charge is 0.118 e. The maximum Gasteiger partial charge on any atom is 0.118 e. The third-order valence-corrected chi connectivity index (χ3v) is 2.09. The third-order valence-electron chi connectivity index (χ3n) is 2.09. The summed E-state index contributed by atoms with van der Waals surface area (Å²) < 4.78 is 43.9. The standard InChI is InChI=1S/C12H24F2O6/c13-7-11(15)9-19-5-3-17-1-2-18-4-6-20-10-12(16)8-14/h11-12,15-16H,1-10H2. The molecule has 0 radical (unpaired) electrons. The number of aliphatic hydroxyl groups excluding tert-OH is 2. The summed E-state index contributed by atoms with van der Waals surface area (Å²) in [7, 11) is 0. The molecule has 0 fully saturated rings. The molecule has 6 nitrogen and oxygen atoms in total. The molecule has 0 aromatic carbocycles. The van der Waals surface area contributed by atoms with Gasteiger partial charge in [0.25, 0.3) is 0 Å². The molecule has 0 saturated carbocycles. The lowest BCUT2D eigenvalue weighted by atomic mass is 10.4. The lowest BCUT2D eigenvalue weighted by molar-refractivity contribution is -0.0281. The van der Waals surface area contributed by atoms with E-state index in [1.54, 1.807) is 0 Å². The van der Waals surface area contributed by atoms with Gasteiger partial charge in [-0.05, 0) is 0 Å². The van der Waals surface area contributed by atoms with Gasteiger partial charge in [-0.1, -0.05) is 0 Å². The van der Waals surface area contributed by atoms with Crippen molar-refractivity contribution in [3.8, 4) is 0 Å². The Morgan fingerprint density at radius 3 is 1.20 bits per heavy atom. The van der Waals surface area contributed by atoms with E-state index in [9.17, 15) is 8.78 Å². The number of hydrogen-bond donors (Lipinski definition) is 2. The van der Waals surface area contributed by atoms with Gasteiger partial charge in [0.15, 0.2) is 0 Å². The second-order valence-corrected chi connectivity index (χ2v) is 3.99. The Balaban J connectivity index is 3.03. The van der Waals surface area contributed by atoms with Crippen LogP contribution in [-0.4, -0.2) is 88.6 Å². The minimum Gasteiger partial charge on any atom is -0.388 e. The van der Waals surface area contributed by atoms with Crippen molar-refractivity contribution in [2.75, 3.05) is 66.2 Å². The lowest BCUT2D eigenvalue weighted by Gasteiger charge is -2.09. The highest BCUT2D eigenvalue weighted by Gasteiger charge is 2.02. The molecule has 0 saturated heterocycles. The minimum absolute atomic E-state index is 0.0432. The predicted octanol–water partition coefficient (Wildman–Crippen LogP) is -0.286. The van der Waals surface area contributed by atoms with Crippen LogP contribution in [0.25, 0.3) is 0 Å². The van der Waals surface area contributed by atoms with Crippen LogP contribution < -0.4 is 0 Å². The number of hydrogen-bond acceptors (Lipinski definition) is 6. The van der Waals surface area contributed by atoms with Crippen LogP contribution in [0.5, 0.6) is 0 Å². The van der Waals surface area contributed by atoms with E-state index in [4.69, 9.17) is 29.2 Å². The van der Waals surface area contributed by atoms with Crippen LogP contribution in [0.4, 0.5) is 8.78 Å². The molecule has 0 aliphatic heterocycles. The number of halogens is 2. The van der Waals surface area contributed by atoms with Gasteiger partial charge in [-0.15, -0.1) is 0 Å². The molecule has 8 heteroatoms. The maximum absolute atomic E-state index is 11.8. The van der Waals surface area contributed by atoms with Crippen LogP contribution in [0.3, 0.4) is 0 Å². The Labute approximate surface area is 117 Å². The largest absolute Gasteiger partial charge is 0.388 e. The number of aliphatic hydroxyl groups is 2.